The lowest BCUT2D eigenvalue weighted by Gasteiger charge is -2.40. The van der Waals surface area contributed by atoms with Crippen molar-refractivity contribution in [3.05, 3.63) is 24.0 Å². The smallest absolute Gasteiger partial charge is 0.252 e. The Morgan fingerprint density at radius 2 is 2.05 bits per heavy atom. The molecule has 1 aromatic rings. The van der Waals surface area contributed by atoms with Crippen molar-refractivity contribution in [2.75, 3.05) is 18.4 Å². The number of carbonyl (C=O) groups is 1. The number of aromatic nitrogens is 1. The third kappa shape index (κ3) is 3.58. The predicted octanol–water partition coefficient (Wildman–Crippen LogP) is 2.39. The van der Waals surface area contributed by atoms with Crippen molar-refractivity contribution >= 4 is 11.6 Å². The van der Waals surface area contributed by atoms with Crippen molar-refractivity contribution in [1.29, 1.82) is 0 Å². The van der Waals surface area contributed by atoms with Crippen LogP contribution in [0.25, 0.3) is 0 Å². The first-order valence-electron chi connectivity index (χ1n) is 8.48. The minimum absolute atomic E-state index is 0.385. The van der Waals surface area contributed by atoms with Crippen molar-refractivity contribution in [3.63, 3.8) is 0 Å². The standard InChI is InChI=1S/C17H26N4O/c18-17(22)15-11-19-9-8-16(15)20-13-5-4-10-21(12-13)14-6-2-1-3-7-14/h8-9,11,13-14H,1-7,10,12H2,(H2,18,22)(H,19,20). The van der Waals surface area contributed by atoms with Crippen LogP contribution in [-0.2, 0) is 0 Å². The molecule has 1 aliphatic heterocycles. The van der Waals surface area contributed by atoms with Crippen LogP contribution in [0.2, 0.25) is 0 Å². The van der Waals surface area contributed by atoms with E-state index in [1.807, 2.05) is 6.07 Å². The fourth-order valence-electron chi connectivity index (χ4n) is 3.84. The Morgan fingerprint density at radius 1 is 1.23 bits per heavy atom. The average molecular weight is 302 g/mol. The number of likely N-dealkylation sites (tertiary alicyclic amines) is 1. The Kier molecular flexibility index (Phi) is 4.93. The molecule has 3 N–H and O–H groups in total. The number of hydrogen-bond acceptors (Lipinski definition) is 4. The summed E-state index contributed by atoms with van der Waals surface area (Å²) in [5, 5.41) is 3.52. The van der Waals surface area contributed by atoms with E-state index in [2.05, 4.69) is 15.2 Å². The normalized spacial score (nSPS) is 24.1. The summed E-state index contributed by atoms with van der Waals surface area (Å²) in [6.45, 7) is 2.27. The number of primary amides is 1. The van der Waals surface area contributed by atoms with Gasteiger partial charge in [-0.1, -0.05) is 19.3 Å². The molecule has 1 unspecified atom stereocenters. The molecule has 3 rings (SSSR count). The molecule has 2 heterocycles. The van der Waals surface area contributed by atoms with Crippen LogP contribution in [0.1, 0.15) is 55.3 Å². The molecule has 120 valence electrons. The van der Waals surface area contributed by atoms with Crippen LogP contribution in [0.4, 0.5) is 5.69 Å². The van der Waals surface area contributed by atoms with Crippen molar-refractivity contribution in [1.82, 2.24) is 9.88 Å². The number of amides is 1. The van der Waals surface area contributed by atoms with Crippen LogP contribution in [0.5, 0.6) is 0 Å². The highest BCUT2D eigenvalue weighted by atomic mass is 16.1. The third-order valence-corrected chi connectivity index (χ3v) is 4.99. The molecule has 0 bridgehead atoms. The lowest BCUT2D eigenvalue weighted by Crippen LogP contribution is -2.47. The van der Waals surface area contributed by atoms with Gasteiger partial charge in [0.2, 0.25) is 0 Å². The predicted molar refractivity (Wildman–Crippen MR) is 87.8 cm³/mol. The molecule has 2 fully saturated rings. The molecular formula is C17H26N4O. The molecule has 22 heavy (non-hydrogen) atoms. The van der Waals surface area contributed by atoms with E-state index in [4.69, 9.17) is 5.73 Å². The van der Waals surface area contributed by atoms with Gasteiger partial charge in [0.15, 0.2) is 0 Å². The largest absolute Gasteiger partial charge is 0.380 e. The number of nitrogens with zero attached hydrogens (tertiary/aromatic N) is 2. The zero-order chi connectivity index (χ0) is 15.4. The van der Waals surface area contributed by atoms with Gasteiger partial charge >= 0.3 is 0 Å². The van der Waals surface area contributed by atoms with Gasteiger partial charge in [0.05, 0.1) is 11.3 Å². The van der Waals surface area contributed by atoms with Crippen LogP contribution in [0.15, 0.2) is 18.5 Å². The van der Waals surface area contributed by atoms with E-state index in [0.717, 1.165) is 24.7 Å². The van der Waals surface area contributed by atoms with Gasteiger partial charge in [-0.25, -0.2) is 0 Å². The van der Waals surface area contributed by atoms with Crippen LogP contribution in [-0.4, -0.2) is 41.0 Å². The van der Waals surface area contributed by atoms with Crippen LogP contribution in [0, 0.1) is 0 Å². The maximum absolute atomic E-state index is 11.5. The SMILES string of the molecule is NC(=O)c1cnccc1NC1CCCN(C2CCCCC2)C1. The molecule has 2 aliphatic rings. The highest BCUT2D eigenvalue weighted by Gasteiger charge is 2.27. The average Bonchev–Trinajstić information content (AvgIpc) is 2.56. The first kappa shape index (κ1) is 15.3. The fourth-order valence-corrected chi connectivity index (χ4v) is 3.84. The van der Waals surface area contributed by atoms with Gasteiger partial charge in [-0.2, -0.15) is 0 Å². The first-order valence-corrected chi connectivity index (χ1v) is 8.48. The Bertz CT molecular complexity index is 513. The quantitative estimate of drug-likeness (QED) is 0.896. The Morgan fingerprint density at radius 3 is 2.82 bits per heavy atom. The van der Waals surface area contributed by atoms with E-state index in [-0.39, 0.29) is 0 Å². The molecule has 5 heteroatoms. The Balaban J connectivity index is 1.64. The molecule has 1 saturated carbocycles. The fraction of sp³-hybridized carbons (Fsp3) is 0.647. The second-order valence-corrected chi connectivity index (χ2v) is 6.56. The van der Waals surface area contributed by atoms with E-state index >= 15 is 0 Å². The lowest BCUT2D eigenvalue weighted by atomic mass is 9.92. The van der Waals surface area contributed by atoms with E-state index in [0.29, 0.717) is 11.6 Å². The molecular weight excluding hydrogens is 276 g/mol. The van der Waals surface area contributed by atoms with Crippen molar-refractivity contribution < 1.29 is 4.79 Å². The van der Waals surface area contributed by atoms with Gasteiger partial charge in [-0.3, -0.25) is 14.7 Å². The maximum atomic E-state index is 11.5. The minimum atomic E-state index is -0.421. The monoisotopic (exact) mass is 302 g/mol. The van der Waals surface area contributed by atoms with Crippen LogP contribution in [0.3, 0.4) is 0 Å². The Hall–Kier alpha value is -1.62. The van der Waals surface area contributed by atoms with Crippen LogP contribution >= 0.6 is 0 Å². The number of nitrogens with one attached hydrogen (secondary N) is 1. The third-order valence-electron chi connectivity index (χ3n) is 4.99. The van der Waals surface area contributed by atoms with Crippen molar-refractivity contribution in [2.24, 2.45) is 5.73 Å². The number of rotatable bonds is 4. The van der Waals surface area contributed by atoms with Crippen molar-refractivity contribution in [2.45, 2.75) is 57.0 Å². The summed E-state index contributed by atoms with van der Waals surface area (Å²) in [7, 11) is 0. The number of piperidine rings is 1. The zero-order valence-corrected chi connectivity index (χ0v) is 13.1. The van der Waals surface area contributed by atoms with Gasteiger partial charge in [-0.15, -0.1) is 0 Å². The zero-order valence-electron chi connectivity index (χ0n) is 13.1. The molecule has 0 spiro atoms. The number of pyridine rings is 1. The summed E-state index contributed by atoms with van der Waals surface area (Å²) in [6, 6.07) is 2.99. The summed E-state index contributed by atoms with van der Waals surface area (Å²) in [4.78, 5) is 18.1. The lowest BCUT2D eigenvalue weighted by molar-refractivity contribution is 0.1000. The molecule has 1 atom stereocenters. The molecule has 5 nitrogen and oxygen atoms in total. The van der Waals surface area contributed by atoms with Gasteiger partial charge in [0.1, 0.15) is 0 Å². The van der Waals surface area contributed by atoms with Crippen molar-refractivity contribution in [3.8, 4) is 0 Å². The van der Waals surface area contributed by atoms with Gasteiger partial charge in [0.25, 0.3) is 5.91 Å². The summed E-state index contributed by atoms with van der Waals surface area (Å²) >= 11 is 0. The molecule has 0 aromatic carbocycles. The van der Waals surface area contributed by atoms with Gasteiger partial charge < -0.3 is 11.1 Å². The second-order valence-electron chi connectivity index (χ2n) is 6.56. The topological polar surface area (TPSA) is 71.2 Å². The van der Waals surface area contributed by atoms with E-state index < -0.39 is 5.91 Å². The molecule has 1 saturated heterocycles. The number of carbonyl (C=O) groups excluding carboxylic acids is 1. The Labute approximate surface area is 132 Å². The summed E-state index contributed by atoms with van der Waals surface area (Å²) in [6.07, 6.45) is 12.4. The number of anilines is 1. The summed E-state index contributed by atoms with van der Waals surface area (Å²) in [5.74, 6) is -0.421. The van der Waals surface area contributed by atoms with Gasteiger partial charge in [-0.05, 0) is 38.3 Å². The minimum Gasteiger partial charge on any atom is -0.380 e. The highest BCUT2D eigenvalue weighted by Crippen LogP contribution is 2.26. The first-order chi connectivity index (χ1) is 10.7. The van der Waals surface area contributed by atoms with E-state index in [1.54, 1.807) is 12.4 Å². The van der Waals surface area contributed by atoms with Crippen LogP contribution < -0.4 is 11.1 Å². The van der Waals surface area contributed by atoms with E-state index in [1.165, 1.54) is 45.1 Å². The molecule has 1 amide bonds. The highest BCUT2D eigenvalue weighted by molar-refractivity contribution is 5.98. The second kappa shape index (κ2) is 7.09. The number of hydrogen-bond donors (Lipinski definition) is 2. The molecule has 1 aromatic heterocycles. The van der Waals surface area contributed by atoms with Gasteiger partial charge in [0, 0.05) is 31.0 Å². The van der Waals surface area contributed by atoms with E-state index in [9.17, 15) is 4.79 Å². The summed E-state index contributed by atoms with van der Waals surface area (Å²) in [5.41, 5.74) is 6.74. The number of nitrogens with two attached hydrogens (primary N) is 1. The summed E-state index contributed by atoms with van der Waals surface area (Å²) < 4.78 is 0. The molecule has 1 aliphatic carbocycles. The molecule has 0 radical (unpaired) electrons. The maximum Gasteiger partial charge on any atom is 0.252 e.